The Morgan fingerprint density at radius 2 is 0.915 bits per heavy atom. The molecule has 0 radical (unpaired) electrons. The van der Waals surface area contributed by atoms with Crippen molar-refractivity contribution < 1.29 is 0 Å². The van der Waals surface area contributed by atoms with Crippen LogP contribution in [-0.4, -0.2) is 23.5 Å². The number of para-hydroxylation sites is 6. The Hall–Kier alpha value is -6.46. The molecular formula is C42H25N5. The molecular weight excluding hydrogens is 574 g/mol. The normalized spacial score (nSPS) is 12.3. The Kier molecular flexibility index (Phi) is 4.78. The van der Waals surface area contributed by atoms with Crippen LogP contribution in [0, 0.1) is 0 Å². The van der Waals surface area contributed by atoms with Crippen molar-refractivity contribution in [2.45, 2.75) is 0 Å². The van der Waals surface area contributed by atoms with Crippen molar-refractivity contribution in [2.24, 2.45) is 0 Å². The van der Waals surface area contributed by atoms with Gasteiger partial charge in [0.15, 0.2) is 0 Å². The molecule has 5 heterocycles. The van der Waals surface area contributed by atoms with E-state index in [1.54, 1.807) is 0 Å². The number of nitrogens with zero attached hydrogens (tertiary/aromatic N) is 5. The molecule has 0 amide bonds. The van der Waals surface area contributed by atoms with Crippen molar-refractivity contribution in [3.63, 3.8) is 0 Å². The molecule has 0 saturated heterocycles. The van der Waals surface area contributed by atoms with Crippen LogP contribution < -0.4 is 0 Å². The lowest BCUT2D eigenvalue weighted by Crippen LogP contribution is -1.99. The summed E-state index contributed by atoms with van der Waals surface area (Å²) in [5, 5.41) is 8.34. The maximum Gasteiger partial charge on any atom is 0.147 e. The van der Waals surface area contributed by atoms with Crippen LogP contribution in [0.3, 0.4) is 0 Å². The smallest absolute Gasteiger partial charge is 0.147 e. The fraction of sp³-hybridized carbons (Fsp3) is 0. The van der Waals surface area contributed by atoms with Gasteiger partial charge in [-0.2, -0.15) is 0 Å². The molecule has 11 rings (SSSR count). The Morgan fingerprint density at radius 1 is 0.404 bits per heavy atom. The number of pyridine rings is 2. The summed E-state index contributed by atoms with van der Waals surface area (Å²) in [4.78, 5) is 10.1. The third-order valence-electron chi connectivity index (χ3n) is 9.85. The molecule has 0 fully saturated rings. The van der Waals surface area contributed by atoms with Crippen molar-refractivity contribution in [3.8, 4) is 11.4 Å². The number of rotatable bonds is 2. The quantitative estimate of drug-likeness (QED) is 0.186. The minimum Gasteiger partial charge on any atom is -0.309 e. The van der Waals surface area contributed by atoms with Crippen LogP contribution in [0.1, 0.15) is 0 Å². The summed E-state index contributed by atoms with van der Waals surface area (Å²) in [5.41, 5.74) is 11.0. The zero-order chi connectivity index (χ0) is 30.6. The van der Waals surface area contributed by atoms with Gasteiger partial charge in [0.1, 0.15) is 5.65 Å². The van der Waals surface area contributed by atoms with Gasteiger partial charge in [-0.15, -0.1) is 0 Å². The van der Waals surface area contributed by atoms with Gasteiger partial charge in [0.25, 0.3) is 0 Å². The van der Waals surface area contributed by atoms with E-state index in [1.165, 1.54) is 49.0 Å². The fourth-order valence-electron chi connectivity index (χ4n) is 8.08. The molecule has 6 aromatic carbocycles. The van der Waals surface area contributed by atoms with Gasteiger partial charge in [-0.1, -0.05) is 84.9 Å². The molecule has 5 aromatic heterocycles. The molecule has 11 aromatic rings. The number of benzene rings is 6. The van der Waals surface area contributed by atoms with E-state index in [0.717, 1.165) is 44.3 Å². The van der Waals surface area contributed by atoms with Crippen LogP contribution in [0.4, 0.5) is 0 Å². The van der Waals surface area contributed by atoms with Gasteiger partial charge in [-0.3, -0.25) is 9.38 Å². The molecule has 0 aliphatic rings. The maximum atomic E-state index is 5.41. The van der Waals surface area contributed by atoms with Crippen molar-refractivity contribution in [2.75, 3.05) is 0 Å². The number of hydrogen-bond acceptors (Lipinski definition) is 2. The number of hydrogen-bond donors (Lipinski definition) is 0. The van der Waals surface area contributed by atoms with Gasteiger partial charge in [0, 0.05) is 55.3 Å². The first-order valence-electron chi connectivity index (χ1n) is 15.9. The summed E-state index contributed by atoms with van der Waals surface area (Å²) in [6.07, 6.45) is 3.92. The highest BCUT2D eigenvalue weighted by Crippen LogP contribution is 2.49. The monoisotopic (exact) mass is 599 g/mol. The van der Waals surface area contributed by atoms with Gasteiger partial charge in [-0.25, -0.2) is 4.98 Å². The van der Waals surface area contributed by atoms with E-state index in [-0.39, 0.29) is 0 Å². The largest absolute Gasteiger partial charge is 0.309 e. The van der Waals surface area contributed by atoms with Crippen LogP contribution in [0.15, 0.2) is 152 Å². The molecule has 0 unspecified atom stereocenters. The molecule has 5 nitrogen and oxygen atoms in total. The van der Waals surface area contributed by atoms with Crippen LogP contribution in [0.25, 0.3) is 93.3 Å². The molecule has 47 heavy (non-hydrogen) atoms. The average Bonchev–Trinajstić information content (AvgIpc) is 3.80. The van der Waals surface area contributed by atoms with Crippen molar-refractivity contribution >= 4 is 82.0 Å². The Morgan fingerprint density at radius 3 is 1.55 bits per heavy atom. The molecule has 0 N–H and O–H groups in total. The topological polar surface area (TPSA) is 40.1 Å². The lowest BCUT2D eigenvalue weighted by molar-refractivity contribution is 1.18. The van der Waals surface area contributed by atoms with Crippen LogP contribution in [0.2, 0.25) is 0 Å². The number of aromatic nitrogens is 5. The third kappa shape index (κ3) is 3.12. The predicted molar refractivity (Wildman–Crippen MR) is 194 cm³/mol. The highest BCUT2D eigenvalue weighted by molar-refractivity contribution is 6.42. The first-order chi connectivity index (χ1) is 23.4. The Balaban J connectivity index is 1.59. The second-order valence-corrected chi connectivity index (χ2v) is 12.2. The minimum absolute atomic E-state index is 0.939. The number of imidazole rings is 1. The third-order valence-corrected chi connectivity index (χ3v) is 9.85. The molecule has 0 spiro atoms. The summed E-state index contributed by atoms with van der Waals surface area (Å²) in [6, 6.07) is 49.8. The highest BCUT2D eigenvalue weighted by atomic mass is 15.0. The van der Waals surface area contributed by atoms with Crippen molar-refractivity contribution in [3.05, 3.63) is 152 Å². The zero-order valence-electron chi connectivity index (χ0n) is 25.2. The van der Waals surface area contributed by atoms with E-state index >= 15 is 0 Å². The molecule has 0 aliphatic heterocycles. The summed E-state index contributed by atoms with van der Waals surface area (Å²) >= 11 is 0. The molecule has 0 bridgehead atoms. The highest BCUT2D eigenvalue weighted by Gasteiger charge is 2.28. The van der Waals surface area contributed by atoms with Crippen LogP contribution in [-0.2, 0) is 0 Å². The zero-order valence-corrected chi connectivity index (χ0v) is 25.2. The second-order valence-electron chi connectivity index (χ2n) is 12.2. The van der Waals surface area contributed by atoms with E-state index in [4.69, 9.17) is 4.98 Å². The molecule has 0 aliphatic carbocycles. The van der Waals surface area contributed by atoms with Gasteiger partial charge in [0.05, 0.1) is 44.8 Å². The molecule has 218 valence electrons. The van der Waals surface area contributed by atoms with Gasteiger partial charge in [-0.05, 0) is 54.6 Å². The summed E-state index contributed by atoms with van der Waals surface area (Å²) < 4.78 is 7.23. The van der Waals surface area contributed by atoms with E-state index in [0.29, 0.717) is 0 Å². The lowest BCUT2D eigenvalue weighted by atomic mass is 9.97. The van der Waals surface area contributed by atoms with E-state index in [2.05, 4.69) is 158 Å². The lowest BCUT2D eigenvalue weighted by Gasteiger charge is -2.16. The first-order valence-corrected chi connectivity index (χ1v) is 15.9. The van der Waals surface area contributed by atoms with Gasteiger partial charge < -0.3 is 9.13 Å². The first kappa shape index (κ1) is 24.8. The molecule has 5 heteroatoms. The Labute approximate surface area is 268 Å². The predicted octanol–water partition coefficient (Wildman–Crippen LogP) is 10.4. The standard InChI is InChI=1S/C42H25N5/c1-3-13-26(14-4-1)45-32-20-10-7-17-28(32)36-39-37(30-23-24-43-25-35(30)47-34-22-12-9-19-31(34)44-42(39)47)41-38(40(36)45)29-18-8-11-21-33(29)46(41)27-15-5-2-6-16-27/h1-25H. The molecule has 0 saturated carbocycles. The van der Waals surface area contributed by atoms with Crippen LogP contribution >= 0.6 is 0 Å². The SMILES string of the molecule is c1ccc(-n2c3ccccc3c3c4c(c5ccncc5n5c6ccccc6nc45)c4c(c5ccccc5n4-c4ccccc4)c32)cc1. The summed E-state index contributed by atoms with van der Waals surface area (Å²) in [5.74, 6) is 0. The van der Waals surface area contributed by atoms with Crippen molar-refractivity contribution in [1.29, 1.82) is 0 Å². The van der Waals surface area contributed by atoms with E-state index in [9.17, 15) is 0 Å². The maximum absolute atomic E-state index is 5.41. The van der Waals surface area contributed by atoms with Crippen LogP contribution in [0.5, 0.6) is 0 Å². The summed E-state index contributed by atoms with van der Waals surface area (Å²) in [7, 11) is 0. The minimum atomic E-state index is 0.939. The van der Waals surface area contributed by atoms with E-state index < -0.39 is 0 Å². The van der Waals surface area contributed by atoms with Crippen molar-refractivity contribution in [1.82, 2.24) is 23.5 Å². The second kappa shape index (κ2) is 9.05. The average molecular weight is 600 g/mol. The van der Waals surface area contributed by atoms with Gasteiger partial charge >= 0.3 is 0 Å². The fourth-order valence-corrected chi connectivity index (χ4v) is 8.08. The Bertz CT molecular complexity index is 3060. The van der Waals surface area contributed by atoms with Gasteiger partial charge in [0.2, 0.25) is 0 Å². The van der Waals surface area contributed by atoms with E-state index in [1.807, 2.05) is 12.4 Å². The summed E-state index contributed by atoms with van der Waals surface area (Å²) in [6.45, 7) is 0. The molecule has 0 atom stereocenters. The number of fused-ring (bicyclic) bond motifs is 17.